The van der Waals surface area contributed by atoms with Crippen LogP contribution in [0.2, 0.25) is 0 Å². The summed E-state index contributed by atoms with van der Waals surface area (Å²) in [5.74, 6) is 1.62. The van der Waals surface area contributed by atoms with Gasteiger partial charge < -0.3 is 9.88 Å². The first-order chi connectivity index (χ1) is 12.5. The smallest absolute Gasteiger partial charge is 0.234 e. The van der Waals surface area contributed by atoms with Crippen molar-refractivity contribution >= 4 is 16.1 Å². The van der Waals surface area contributed by atoms with Crippen LogP contribution >= 0.6 is 0 Å². The number of rotatable bonds is 6. The molecule has 8 heteroatoms. The minimum Gasteiger partial charge on any atom is -0.315 e. The van der Waals surface area contributed by atoms with Gasteiger partial charge in [-0.1, -0.05) is 44.2 Å². The Hall–Kier alpha value is -2.03. The zero-order chi connectivity index (χ0) is 18.6. The first kappa shape index (κ1) is 18.8. The highest BCUT2D eigenvalue weighted by molar-refractivity contribution is 7.92. The SMILES string of the molecule is CC(C)[C@H](NS(=O)(=O)/C=C/c1ccccc1)c1nnc2n1CCNCC2. The summed E-state index contributed by atoms with van der Waals surface area (Å²) in [5.41, 5.74) is 0.835. The molecule has 2 heterocycles. The molecule has 0 saturated heterocycles. The molecular formula is C18H25N5O2S. The lowest BCUT2D eigenvalue weighted by Crippen LogP contribution is -2.33. The molecule has 0 fully saturated rings. The third-order valence-electron chi connectivity index (χ3n) is 4.37. The van der Waals surface area contributed by atoms with Crippen molar-refractivity contribution in [2.24, 2.45) is 5.92 Å². The van der Waals surface area contributed by atoms with E-state index >= 15 is 0 Å². The van der Waals surface area contributed by atoms with Crippen LogP contribution in [0, 0.1) is 5.92 Å². The van der Waals surface area contributed by atoms with Gasteiger partial charge in [0.05, 0.1) is 6.04 Å². The summed E-state index contributed by atoms with van der Waals surface area (Å²) >= 11 is 0. The minimum atomic E-state index is -3.61. The molecule has 1 aliphatic heterocycles. The van der Waals surface area contributed by atoms with Gasteiger partial charge in [-0.05, 0) is 17.6 Å². The van der Waals surface area contributed by atoms with E-state index in [1.807, 2.05) is 48.7 Å². The standard InChI is InChI=1S/C18H25N5O2S/c1-14(2)17(18-21-20-16-8-10-19-11-12-23(16)18)22-26(24,25)13-9-15-6-4-3-5-7-15/h3-7,9,13-14,17,19,22H,8,10-12H2,1-2H3/b13-9+/t17-/m0/s1. The third kappa shape index (κ3) is 4.57. The van der Waals surface area contributed by atoms with E-state index in [1.54, 1.807) is 6.08 Å². The number of hydrogen-bond donors (Lipinski definition) is 2. The van der Waals surface area contributed by atoms with Crippen LogP contribution < -0.4 is 10.0 Å². The maximum Gasteiger partial charge on any atom is 0.234 e. The van der Waals surface area contributed by atoms with Crippen molar-refractivity contribution in [3.8, 4) is 0 Å². The highest BCUT2D eigenvalue weighted by Crippen LogP contribution is 2.23. The normalized spacial score (nSPS) is 16.6. The lowest BCUT2D eigenvalue weighted by molar-refractivity contribution is 0.426. The van der Waals surface area contributed by atoms with E-state index in [4.69, 9.17) is 0 Å². The highest BCUT2D eigenvalue weighted by Gasteiger charge is 2.27. The van der Waals surface area contributed by atoms with Gasteiger partial charge in [0.25, 0.3) is 0 Å². The number of aromatic nitrogens is 3. The first-order valence-electron chi connectivity index (χ1n) is 8.84. The van der Waals surface area contributed by atoms with Crippen LogP contribution in [0.1, 0.15) is 37.1 Å². The molecule has 0 saturated carbocycles. The van der Waals surface area contributed by atoms with Crippen molar-refractivity contribution in [3.05, 3.63) is 53.0 Å². The van der Waals surface area contributed by atoms with E-state index in [-0.39, 0.29) is 5.92 Å². The summed E-state index contributed by atoms with van der Waals surface area (Å²) < 4.78 is 30.0. The van der Waals surface area contributed by atoms with Gasteiger partial charge in [0.15, 0.2) is 5.82 Å². The summed E-state index contributed by atoms with van der Waals surface area (Å²) in [6.45, 7) is 6.37. The lowest BCUT2D eigenvalue weighted by Gasteiger charge is -2.21. The molecule has 0 unspecified atom stereocenters. The van der Waals surface area contributed by atoms with Crippen molar-refractivity contribution in [2.75, 3.05) is 13.1 Å². The van der Waals surface area contributed by atoms with E-state index in [0.717, 1.165) is 37.4 Å². The van der Waals surface area contributed by atoms with Gasteiger partial charge in [-0.3, -0.25) is 0 Å². The second-order valence-corrected chi connectivity index (χ2v) is 8.32. The Morgan fingerprint density at radius 3 is 2.69 bits per heavy atom. The summed E-state index contributed by atoms with van der Waals surface area (Å²) in [6, 6.07) is 8.92. The van der Waals surface area contributed by atoms with Gasteiger partial charge in [-0.15, -0.1) is 10.2 Å². The van der Waals surface area contributed by atoms with Crippen molar-refractivity contribution in [1.82, 2.24) is 24.8 Å². The Bertz CT molecular complexity index is 859. The molecule has 1 aromatic heterocycles. The zero-order valence-electron chi connectivity index (χ0n) is 15.1. The average molecular weight is 375 g/mol. The van der Waals surface area contributed by atoms with E-state index in [0.29, 0.717) is 5.82 Å². The second-order valence-electron chi connectivity index (χ2n) is 6.72. The van der Waals surface area contributed by atoms with Crippen molar-refractivity contribution in [3.63, 3.8) is 0 Å². The number of sulfonamides is 1. The Labute approximate surface area is 154 Å². The molecule has 2 aromatic rings. The molecule has 0 aliphatic carbocycles. The van der Waals surface area contributed by atoms with Crippen LogP contribution in [0.5, 0.6) is 0 Å². The molecular weight excluding hydrogens is 350 g/mol. The zero-order valence-corrected chi connectivity index (χ0v) is 15.9. The average Bonchev–Trinajstić information content (AvgIpc) is 2.86. The maximum atomic E-state index is 12.6. The Morgan fingerprint density at radius 1 is 1.19 bits per heavy atom. The summed E-state index contributed by atoms with van der Waals surface area (Å²) in [5, 5.41) is 13.1. The van der Waals surface area contributed by atoms with Crippen LogP contribution in [0.4, 0.5) is 0 Å². The maximum absolute atomic E-state index is 12.6. The molecule has 3 rings (SSSR count). The lowest BCUT2D eigenvalue weighted by atomic mass is 10.1. The predicted molar refractivity (Wildman–Crippen MR) is 102 cm³/mol. The van der Waals surface area contributed by atoms with Crippen LogP contribution in [-0.2, 0) is 23.0 Å². The largest absolute Gasteiger partial charge is 0.315 e. The van der Waals surface area contributed by atoms with Gasteiger partial charge in [0.2, 0.25) is 10.0 Å². The van der Waals surface area contributed by atoms with Crippen molar-refractivity contribution in [2.45, 2.75) is 32.9 Å². The number of nitrogens with one attached hydrogen (secondary N) is 2. The van der Waals surface area contributed by atoms with Gasteiger partial charge in [0.1, 0.15) is 5.82 Å². The molecule has 1 atom stereocenters. The summed E-state index contributed by atoms with van der Waals surface area (Å²) in [7, 11) is -3.61. The summed E-state index contributed by atoms with van der Waals surface area (Å²) in [4.78, 5) is 0. The molecule has 0 amide bonds. The van der Waals surface area contributed by atoms with Gasteiger partial charge in [0, 0.05) is 31.5 Å². The van der Waals surface area contributed by atoms with Crippen molar-refractivity contribution in [1.29, 1.82) is 0 Å². The van der Waals surface area contributed by atoms with Crippen LogP contribution in [0.15, 0.2) is 35.7 Å². The van der Waals surface area contributed by atoms with Gasteiger partial charge in [-0.2, -0.15) is 0 Å². The van der Waals surface area contributed by atoms with Gasteiger partial charge in [-0.25, -0.2) is 13.1 Å². The van der Waals surface area contributed by atoms with E-state index in [1.165, 1.54) is 5.41 Å². The molecule has 0 bridgehead atoms. The van der Waals surface area contributed by atoms with Crippen LogP contribution in [-0.4, -0.2) is 36.3 Å². The molecule has 0 spiro atoms. The second kappa shape index (κ2) is 8.11. The monoisotopic (exact) mass is 375 g/mol. The van der Waals surface area contributed by atoms with E-state index in [2.05, 4.69) is 20.2 Å². The van der Waals surface area contributed by atoms with Crippen molar-refractivity contribution < 1.29 is 8.42 Å². The number of nitrogens with zero attached hydrogens (tertiary/aromatic N) is 3. The first-order valence-corrected chi connectivity index (χ1v) is 10.4. The molecule has 7 nitrogen and oxygen atoms in total. The molecule has 26 heavy (non-hydrogen) atoms. The van der Waals surface area contributed by atoms with E-state index in [9.17, 15) is 8.42 Å². The topological polar surface area (TPSA) is 88.9 Å². The molecule has 1 aliphatic rings. The Balaban J connectivity index is 1.83. The molecule has 0 radical (unpaired) electrons. The summed E-state index contributed by atoms with van der Waals surface area (Å²) in [6.07, 6.45) is 2.38. The highest BCUT2D eigenvalue weighted by atomic mass is 32.2. The number of fused-ring (bicyclic) bond motifs is 1. The van der Waals surface area contributed by atoms with Crippen LogP contribution in [0.25, 0.3) is 6.08 Å². The fourth-order valence-electron chi connectivity index (χ4n) is 2.96. The molecule has 2 N–H and O–H groups in total. The number of hydrogen-bond acceptors (Lipinski definition) is 5. The minimum absolute atomic E-state index is 0.0411. The predicted octanol–water partition coefficient (Wildman–Crippen LogP) is 1.71. The Kier molecular flexibility index (Phi) is 5.85. The molecule has 1 aromatic carbocycles. The number of benzene rings is 1. The van der Waals surface area contributed by atoms with E-state index < -0.39 is 16.1 Å². The van der Waals surface area contributed by atoms with Crippen LogP contribution in [0.3, 0.4) is 0 Å². The Morgan fingerprint density at radius 2 is 1.96 bits per heavy atom. The molecule has 140 valence electrons. The quantitative estimate of drug-likeness (QED) is 0.802. The fourth-order valence-corrected chi connectivity index (χ4v) is 4.11. The fraction of sp³-hybridized carbons (Fsp3) is 0.444. The third-order valence-corrected chi connectivity index (χ3v) is 5.45. The van der Waals surface area contributed by atoms with Gasteiger partial charge >= 0.3 is 0 Å².